The lowest BCUT2D eigenvalue weighted by molar-refractivity contribution is -0.138. The van der Waals surface area contributed by atoms with E-state index in [1.165, 1.54) is 19.9 Å². The summed E-state index contributed by atoms with van der Waals surface area (Å²) in [5.74, 6) is -0.405. The van der Waals surface area contributed by atoms with Crippen LogP contribution in [0.2, 0.25) is 0 Å². The van der Waals surface area contributed by atoms with Crippen LogP contribution in [0.1, 0.15) is 32.3 Å². The Morgan fingerprint density at radius 1 is 1.29 bits per heavy atom. The summed E-state index contributed by atoms with van der Waals surface area (Å²) in [5, 5.41) is 0. The minimum Gasteiger partial charge on any atom is -0.463 e. The van der Waals surface area contributed by atoms with Crippen molar-refractivity contribution in [3.05, 3.63) is 35.9 Å². The van der Waals surface area contributed by atoms with Crippen LogP contribution in [-0.4, -0.2) is 24.7 Å². The zero-order chi connectivity index (χ0) is 15.7. The fourth-order valence-corrected chi connectivity index (χ4v) is 1.56. The highest BCUT2D eigenvalue weighted by Crippen LogP contribution is 2.13. The van der Waals surface area contributed by atoms with E-state index in [4.69, 9.17) is 9.47 Å². The van der Waals surface area contributed by atoms with Crippen molar-refractivity contribution >= 4 is 18.0 Å². The summed E-state index contributed by atoms with van der Waals surface area (Å²) in [7, 11) is 0. The van der Waals surface area contributed by atoms with Gasteiger partial charge in [0.25, 0.3) is 0 Å². The standard InChI is InChI=1S/C16H19FO4/c1-12(17)4-3-11-20-16(19)10-7-14-5-8-15(9-6-14)21-13(2)18/h5-10,12H,3-4,11H2,1-2H3/b10-7+. The van der Waals surface area contributed by atoms with Crippen molar-refractivity contribution in [2.75, 3.05) is 6.61 Å². The van der Waals surface area contributed by atoms with Crippen molar-refractivity contribution in [3.8, 4) is 5.75 Å². The number of ether oxygens (including phenoxy) is 2. The highest BCUT2D eigenvalue weighted by molar-refractivity contribution is 5.87. The second-order valence-corrected chi connectivity index (χ2v) is 4.59. The van der Waals surface area contributed by atoms with E-state index in [0.717, 1.165) is 5.56 Å². The highest BCUT2D eigenvalue weighted by atomic mass is 19.1. The summed E-state index contributed by atoms with van der Waals surface area (Å²) in [6.45, 7) is 3.01. The van der Waals surface area contributed by atoms with Crippen molar-refractivity contribution in [2.45, 2.75) is 32.9 Å². The van der Waals surface area contributed by atoms with Gasteiger partial charge < -0.3 is 9.47 Å². The van der Waals surface area contributed by atoms with Crippen molar-refractivity contribution in [1.29, 1.82) is 0 Å². The fraction of sp³-hybridized carbons (Fsp3) is 0.375. The van der Waals surface area contributed by atoms with E-state index in [2.05, 4.69) is 0 Å². The van der Waals surface area contributed by atoms with E-state index in [9.17, 15) is 14.0 Å². The molecule has 114 valence electrons. The Kier molecular flexibility index (Phi) is 7.15. The van der Waals surface area contributed by atoms with Crippen LogP contribution in [0.15, 0.2) is 30.3 Å². The van der Waals surface area contributed by atoms with Gasteiger partial charge in [0.2, 0.25) is 0 Å². The van der Waals surface area contributed by atoms with Gasteiger partial charge in [-0.1, -0.05) is 12.1 Å². The van der Waals surface area contributed by atoms with Crippen LogP contribution >= 0.6 is 0 Å². The largest absolute Gasteiger partial charge is 0.463 e. The van der Waals surface area contributed by atoms with E-state index in [0.29, 0.717) is 18.6 Å². The van der Waals surface area contributed by atoms with E-state index in [1.807, 2.05) is 0 Å². The van der Waals surface area contributed by atoms with Crippen LogP contribution in [0.25, 0.3) is 6.08 Å². The van der Waals surface area contributed by atoms with Gasteiger partial charge in [-0.3, -0.25) is 4.79 Å². The van der Waals surface area contributed by atoms with Crippen molar-refractivity contribution in [1.82, 2.24) is 0 Å². The number of rotatable bonds is 7. The van der Waals surface area contributed by atoms with Crippen LogP contribution < -0.4 is 4.74 Å². The number of carbonyl (C=O) groups is 2. The third-order valence-corrected chi connectivity index (χ3v) is 2.54. The molecule has 0 fully saturated rings. The van der Waals surface area contributed by atoms with Crippen LogP contribution in [0, 0.1) is 0 Å². The molecule has 0 aliphatic rings. The maximum absolute atomic E-state index is 12.5. The van der Waals surface area contributed by atoms with Gasteiger partial charge >= 0.3 is 11.9 Å². The number of halogens is 1. The van der Waals surface area contributed by atoms with E-state index < -0.39 is 12.1 Å². The van der Waals surface area contributed by atoms with Crippen molar-refractivity contribution in [3.63, 3.8) is 0 Å². The number of carbonyl (C=O) groups excluding carboxylic acids is 2. The second kappa shape index (κ2) is 8.89. The molecule has 0 N–H and O–H groups in total. The normalized spacial score (nSPS) is 12.1. The Bertz CT molecular complexity index is 492. The average molecular weight is 294 g/mol. The number of hydrogen-bond donors (Lipinski definition) is 0. The fourth-order valence-electron chi connectivity index (χ4n) is 1.56. The summed E-state index contributed by atoms with van der Waals surface area (Å²) >= 11 is 0. The zero-order valence-corrected chi connectivity index (χ0v) is 12.2. The lowest BCUT2D eigenvalue weighted by atomic mass is 10.2. The Morgan fingerprint density at radius 2 is 1.95 bits per heavy atom. The maximum Gasteiger partial charge on any atom is 0.330 e. The van der Waals surface area contributed by atoms with E-state index in [1.54, 1.807) is 30.3 Å². The van der Waals surface area contributed by atoms with Gasteiger partial charge in [0.1, 0.15) is 5.75 Å². The number of hydrogen-bond acceptors (Lipinski definition) is 4. The Hall–Kier alpha value is -2.17. The summed E-state index contributed by atoms with van der Waals surface area (Å²) in [5.41, 5.74) is 0.778. The molecule has 0 saturated carbocycles. The molecule has 0 aromatic heterocycles. The van der Waals surface area contributed by atoms with Gasteiger partial charge in [-0.2, -0.15) is 0 Å². The molecule has 1 rings (SSSR count). The highest BCUT2D eigenvalue weighted by Gasteiger charge is 2.01. The number of esters is 2. The predicted octanol–water partition coefficient (Wildman–Crippen LogP) is 3.31. The molecular formula is C16H19FO4. The summed E-state index contributed by atoms with van der Waals surface area (Å²) < 4.78 is 22.3. The first-order valence-electron chi connectivity index (χ1n) is 6.75. The first-order valence-corrected chi connectivity index (χ1v) is 6.75. The molecule has 1 atom stereocenters. The van der Waals surface area contributed by atoms with Crippen molar-refractivity contribution in [2.24, 2.45) is 0 Å². The molecular weight excluding hydrogens is 275 g/mol. The first-order chi connectivity index (χ1) is 9.97. The van der Waals surface area contributed by atoms with Crippen molar-refractivity contribution < 1.29 is 23.5 Å². The topological polar surface area (TPSA) is 52.6 Å². The summed E-state index contributed by atoms with van der Waals surface area (Å²) in [6.07, 6.45) is 2.91. The molecule has 0 heterocycles. The molecule has 0 radical (unpaired) electrons. The van der Waals surface area contributed by atoms with Crippen LogP contribution in [0.4, 0.5) is 4.39 Å². The Morgan fingerprint density at radius 3 is 2.52 bits per heavy atom. The van der Waals surface area contributed by atoms with Gasteiger partial charge in [-0.05, 0) is 43.5 Å². The lowest BCUT2D eigenvalue weighted by Gasteiger charge is -2.03. The molecule has 5 heteroatoms. The monoisotopic (exact) mass is 294 g/mol. The average Bonchev–Trinajstić information content (AvgIpc) is 2.42. The van der Waals surface area contributed by atoms with Gasteiger partial charge in [-0.25, -0.2) is 9.18 Å². The third-order valence-electron chi connectivity index (χ3n) is 2.54. The van der Waals surface area contributed by atoms with Gasteiger partial charge in [0.15, 0.2) is 0 Å². The first kappa shape index (κ1) is 16.9. The predicted molar refractivity (Wildman–Crippen MR) is 77.5 cm³/mol. The molecule has 4 nitrogen and oxygen atoms in total. The van der Waals surface area contributed by atoms with Crippen LogP contribution in [0.3, 0.4) is 0 Å². The molecule has 0 bridgehead atoms. The quantitative estimate of drug-likeness (QED) is 0.335. The maximum atomic E-state index is 12.5. The van der Waals surface area contributed by atoms with E-state index in [-0.39, 0.29) is 12.6 Å². The molecule has 1 aromatic rings. The molecule has 1 aromatic carbocycles. The number of benzene rings is 1. The molecule has 21 heavy (non-hydrogen) atoms. The molecule has 0 amide bonds. The van der Waals surface area contributed by atoms with Gasteiger partial charge in [0.05, 0.1) is 12.8 Å². The Labute approximate surface area is 123 Å². The minimum atomic E-state index is -0.880. The SMILES string of the molecule is CC(=O)Oc1ccc(/C=C/C(=O)OCCCC(C)F)cc1. The second-order valence-electron chi connectivity index (χ2n) is 4.59. The molecule has 0 aliphatic heterocycles. The lowest BCUT2D eigenvalue weighted by Crippen LogP contribution is -2.04. The van der Waals surface area contributed by atoms with Crippen LogP contribution in [0.5, 0.6) is 5.75 Å². The summed E-state index contributed by atoms with van der Waals surface area (Å²) in [6, 6.07) is 6.70. The molecule has 0 aliphatic carbocycles. The zero-order valence-electron chi connectivity index (χ0n) is 12.2. The summed E-state index contributed by atoms with van der Waals surface area (Å²) in [4.78, 5) is 22.2. The van der Waals surface area contributed by atoms with Gasteiger partial charge in [-0.15, -0.1) is 0 Å². The molecule has 1 unspecified atom stereocenters. The van der Waals surface area contributed by atoms with Crippen LogP contribution in [-0.2, 0) is 14.3 Å². The smallest absolute Gasteiger partial charge is 0.330 e. The van der Waals surface area contributed by atoms with Gasteiger partial charge in [0, 0.05) is 13.0 Å². The minimum absolute atomic E-state index is 0.211. The molecule has 0 spiro atoms. The molecule has 0 saturated heterocycles. The van der Waals surface area contributed by atoms with E-state index >= 15 is 0 Å². The number of alkyl halides is 1. The third kappa shape index (κ3) is 7.87. The Balaban J connectivity index is 2.38.